The van der Waals surface area contributed by atoms with Crippen LogP contribution in [-0.4, -0.2) is 39.4 Å². The van der Waals surface area contributed by atoms with Crippen LogP contribution in [0.15, 0.2) is 27.6 Å². The number of sulfonamides is 1. The van der Waals surface area contributed by atoms with Gasteiger partial charge in [0, 0.05) is 18.6 Å². The van der Waals surface area contributed by atoms with Gasteiger partial charge in [-0.3, -0.25) is 0 Å². The molecule has 1 aromatic carbocycles. The van der Waals surface area contributed by atoms with Crippen molar-refractivity contribution in [3.05, 3.63) is 28.2 Å². The molecule has 0 saturated carbocycles. The maximum atomic E-state index is 12.1. The van der Waals surface area contributed by atoms with Gasteiger partial charge in [0.05, 0.1) is 10.5 Å². The van der Waals surface area contributed by atoms with Crippen molar-refractivity contribution in [1.82, 2.24) is 4.31 Å². The maximum Gasteiger partial charge on any atom is 0.339 e. The van der Waals surface area contributed by atoms with E-state index in [-0.39, 0.29) is 17.1 Å². The Morgan fingerprint density at radius 1 is 1.47 bits per heavy atom. The fourth-order valence-corrected chi connectivity index (χ4v) is 3.06. The van der Waals surface area contributed by atoms with E-state index in [4.69, 9.17) is 11.2 Å². The summed E-state index contributed by atoms with van der Waals surface area (Å²) < 4.78 is 30.3. The van der Waals surface area contributed by atoms with Crippen molar-refractivity contribution in [1.29, 1.82) is 0 Å². The first-order chi connectivity index (χ1) is 8.80. The average Bonchev–Trinajstić information content (AvgIpc) is 2.36. The molecular formula is C12H12BrNO4S. The second-order valence-corrected chi connectivity index (χ2v) is 6.69. The van der Waals surface area contributed by atoms with Gasteiger partial charge in [0.15, 0.2) is 6.61 Å². The third-order valence-electron chi connectivity index (χ3n) is 2.21. The van der Waals surface area contributed by atoms with Crippen LogP contribution in [0.5, 0.6) is 0 Å². The van der Waals surface area contributed by atoms with E-state index < -0.39 is 16.0 Å². The predicted molar refractivity (Wildman–Crippen MR) is 74.1 cm³/mol. The summed E-state index contributed by atoms with van der Waals surface area (Å²) in [6.45, 7) is -0.162. The van der Waals surface area contributed by atoms with Gasteiger partial charge < -0.3 is 4.74 Å². The normalized spacial score (nSPS) is 11.1. The molecule has 102 valence electrons. The molecule has 1 aromatic rings. The van der Waals surface area contributed by atoms with Crippen molar-refractivity contribution < 1.29 is 17.9 Å². The number of carbonyl (C=O) groups is 1. The molecule has 0 unspecified atom stereocenters. The van der Waals surface area contributed by atoms with Crippen LogP contribution >= 0.6 is 15.9 Å². The van der Waals surface area contributed by atoms with E-state index in [2.05, 4.69) is 21.9 Å². The molecule has 0 N–H and O–H groups in total. The Kier molecular flexibility index (Phi) is 5.11. The number of halogens is 1. The lowest BCUT2D eigenvalue weighted by Crippen LogP contribution is -2.23. The minimum absolute atomic E-state index is 0.00680. The summed E-state index contributed by atoms with van der Waals surface area (Å²) >= 11 is 3.15. The van der Waals surface area contributed by atoms with Crippen molar-refractivity contribution >= 4 is 31.9 Å². The third-order valence-corrected chi connectivity index (χ3v) is 5.02. The molecule has 0 fully saturated rings. The van der Waals surface area contributed by atoms with Crippen molar-refractivity contribution in [2.45, 2.75) is 4.90 Å². The Morgan fingerprint density at radius 2 is 2.11 bits per heavy atom. The lowest BCUT2D eigenvalue weighted by molar-refractivity contribution is 0.0556. The Bertz CT molecular complexity index is 632. The summed E-state index contributed by atoms with van der Waals surface area (Å²) in [4.78, 5) is 11.6. The van der Waals surface area contributed by atoms with Gasteiger partial charge in [-0.15, -0.1) is 6.42 Å². The quantitative estimate of drug-likeness (QED) is 0.612. The number of carbonyl (C=O) groups excluding carboxylic acids is 1. The molecule has 0 aromatic heterocycles. The highest BCUT2D eigenvalue weighted by molar-refractivity contribution is 9.10. The van der Waals surface area contributed by atoms with Crippen LogP contribution in [0.1, 0.15) is 10.4 Å². The highest BCUT2D eigenvalue weighted by atomic mass is 79.9. The fourth-order valence-electron chi connectivity index (χ4n) is 1.22. The monoisotopic (exact) mass is 345 g/mol. The zero-order valence-corrected chi connectivity index (χ0v) is 12.8. The van der Waals surface area contributed by atoms with Crippen molar-refractivity contribution in [2.24, 2.45) is 0 Å². The van der Waals surface area contributed by atoms with E-state index in [0.29, 0.717) is 4.47 Å². The number of benzene rings is 1. The molecule has 7 heteroatoms. The molecule has 1 rings (SSSR count). The van der Waals surface area contributed by atoms with Crippen LogP contribution in [0.3, 0.4) is 0 Å². The Labute approximate surface area is 120 Å². The average molecular weight is 346 g/mol. The molecule has 0 saturated heterocycles. The smallest absolute Gasteiger partial charge is 0.339 e. The number of ether oxygens (including phenoxy) is 1. The lowest BCUT2D eigenvalue weighted by Gasteiger charge is -2.13. The van der Waals surface area contributed by atoms with Crippen molar-refractivity contribution in [3.8, 4) is 12.3 Å². The topological polar surface area (TPSA) is 63.7 Å². The first kappa shape index (κ1) is 15.7. The predicted octanol–water partition coefficient (Wildman–Crippen LogP) is 1.49. The summed E-state index contributed by atoms with van der Waals surface area (Å²) in [7, 11) is -0.830. The fraction of sp³-hybridized carbons (Fsp3) is 0.250. The Balaban J connectivity index is 3.23. The molecule has 5 nitrogen and oxygen atoms in total. The third kappa shape index (κ3) is 3.56. The largest absolute Gasteiger partial charge is 0.449 e. The number of hydrogen-bond acceptors (Lipinski definition) is 4. The molecule has 0 spiro atoms. The van der Waals surface area contributed by atoms with Gasteiger partial charge in [-0.25, -0.2) is 17.5 Å². The Morgan fingerprint density at radius 3 is 2.63 bits per heavy atom. The molecule has 0 radical (unpaired) electrons. The first-order valence-electron chi connectivity index (χ1n) is 5.13. The van der Waals surface area contributed by atoms with Gasteiger partial charge in [-0.05, 0) is 34.1 Å². The van der Waals surface area contributed by atoms with Gasteiger partial charge in [0.2, 0.25) is 10.0 Å². The summed E-state index contributed by atoms with van der Waals surface area (Å²) in [6.07, 6.45) is 4.98. The second kappa shape index (κ2) is 6.19. The molecule has 0 aliphatic heterocycles. The van der Waals surface area contributed by atoms with E-state index in [0.717, 1.165) is 4.31 Å². The number of rotatable bonds is 4. The molecular weight excluding hydrogens is 334 g/mol. The molecule has 0 aliphatic rings. The van der Waals surface area contributed by atoms with Crippen molar-refractivity contribution in [2.75, 3.05) is 20.7 Å². The maximum absolute atomic E-state index is 12.1. The van der Waals surface area contributed by atoms with Gasteiger partial charge in [0.1, 0.15) is 0 Å². The minimum Gasteiger partial charge on any atom is -0.449 e. The van der Waals surface area contributed by atoms with E-state index >= 15 is 0 Å². The van der Waals surface area contributed by atoms with Crippen molar-refractivity contribution in [3.63, 3.8) is 0 Å². The van der Waals surface area contributed by atoms with E-state index in [1.807, 2.05) is 0 Å². The highest BCUT2D eigenvalue weighted by Crippen LogP contribution is 2.25. The molecule has 0 amide bonds. The van der Waals surface area contributed by atoms with Crippen LogP contribution in [0.2, 0.25) is 0 Å². The summed E-state index contributed by atoms with van der Waals surface area (Å²) in [5.41, 5.74) is 0.124. The van der Waals surface area contributed by atoms with Gasteiger partial charge in [-0.2, -0.15) is 0 Å². The van der Waals surface area contributed by atoms with Crippen LogP contribution in [-0.2, 0) is 14.8 Å². The molecule has 0 aliphatic carbocycles. The second-order valence-electron chi connectivity index (χ2n) is 3.71. The SMILES string of the molecule is C#CCOC(=O)c1ccc(Br)c(S(=O)(=O)N(C)C)c1. The molecule has 0 atom stereocenters. The van der Waals surface area contributed by atoms with E-state index in [1.54, 1.807) is 0 Å². The molecule has 19 heavy (non-hydrogen) atoms. The number of hydrogen-bond donors (Lipinski definition) is 0. The van der Waals surface area contributed by atoms with Crippen LogP contribution in [0, 0.1) is 12.3 Å². The standard InChI is InChI=1S/C12H12BrNO4S/c1-4-7-18-12(15)9-5-6-10(13)11(8-9)19(16,17)14(2)3/h1,5-6,8H,7H2,2-3H3. The highest BCUT2D eigenvalue weighted by Gasteiger charge is 2.22. The zero-order valence-electron chi connectivity index (χ0n) is 10.4. The zero-order chi connectivity index (χ0) is 14.6. The molecule has 0 bridgehead atoms. The van der Waals surface area contributed by atoms with E-state index in [9.17, 15) is 13.2 Å². The van der Waals surface area contributed by atoms with E-state index in [1.165, 1.54) is 32.3 Å². The van der Waals surface area contributed by atoms with Crippen LogP contribution in [0.25, 0.3) is 0 Å². The summed E-state index contributed by atoms with van der Waals surface area (Å²) in [6, 6.07) is 4.18. The van der Waals surface area contributed by atoms with Gasteiger partial charge in [-0.1, -0.05) is 5.92 Å². The Hall–Kier alpha value is -1.36. The lowest BCUT2D eigenvalue weighted by atomic mass is 10.2. The number of terminal acetylenes is 1. The van der Waals surface area contributed by atoms with Gasteiger partial charge in [0.25, 0.3) is 0 Å². The van der Waals surface area contributed by atoms with Crippen LogP contribution in [0.4, 0.5) is 0 Å². The number of nitrogens with zero attached hydrogens (tertiary/aromatic N) is 1. The summed E-state index contributed by atoms with van der Waals surface area (Å²) in [5, 5.41) is 0. The number of esters is 1. The summed E-state index contributed by atoms with van der Waals surface area (Å²) in [5.74, 6) is 1.50. The first-order valence-corrected chi connectivity index (χ1v) is 7.36. The van der Waals surface area contributed by atoms with Gasteiger partial charge >= 0.3 is 5.97 Å². The molecule has 0 heterocycles. The van der Waals surface area contributed by atoms with Crippen LogP contribution < -0.4 is 0 Å². The minimum atomic E-state index is -3.65.